The smallest absolute Gasteiger partial charge is 0.256 e. The summed E-state index contributed by atoms with van der Waals surface area (Å²) in [6.07, 6.45) is 0. The molecule has 1 amide bonds. The van der Waals surface area contributed by atoms with E-state index in [0.717, 1.165) is 28.1 Å². The molecule has 0 saturated carbocycles. The zero-order chi connectivity index (χ0) is 18.4. The van der Waals surface area contributed by atoms with Crippen molar-refractivity contribution in [1.82, 2.24) is 14.8 Å². The summed E-state index contributed by atoms with van der Waals surface area (Å²) in [6.45, 7) is 10.3. The van der Waals surface area contributed by atoms with Gasteiger partial charge in [-0.25, -0.2) is 4.98 Å². The quantitative estimate of drug-likeness (QED) is 0.765. The molecule has 0 atom stereocenters. The normalized spacial score (nSPS) is 11.8. The minimum atomic E-state index is -0.143. The summed E-state index contributed by atoms with van der Waals surface area (Å²) in [7, 11) is 1.84. The van der Waals surface area contributed by atoms with Gasteiger partial charge in [0.2, 0.25) is 0 Å². The second kappa shape index (κ2) is 5.99. The van der Waals surface area contributed by atoms with E-state index in [0.29, 0.717) is 5.56 Å². The Morgan fingerprint density at radius 3 is 2.36 bits per heavy atom. The maximum Gasteiger partial charge on any atom is 0.256 e. The molecule has 25 heavy (non-hydrogen) atoms. The highest BCUT2D eigenvalue weighted by molar-refractivity contribution is 6.12. The van der Waals surface area contributed by atoms with E-state index in [-0.39, 0.29) is 11.3 Å². The van der Waals surface area contributed by atoms with E-state index in [1.165, 1.54) is 5.56 Å². The van der Waals surface area contributed by atoms with Gasteiger partial charge in [-0.3, -0.25) is 9.48 Å². The van der Waals surface area contributed by atoms with Gasteiger partial charge < -0.3 is 5.32 Å². The number of aromatic nitrogens is 3. The summed E-state index contributed by atoms with van der Waals surface area (Å²) in [4.78, 5) is 17.4. The van der Waals surface area contributed by atoms with Crippen LogP contribution in [0.3, 0.4) is 0 Å². The van der Waals surface area contributed by atoms with Crippen molar-refractivity contribution in [2.45, 2.75) is 40.0 Å². The van der Waals surface area contributed by atoms with Crippen molar-refractivity contribution in [3.63, 3.8) is 0 Å². The first kappa shape index (κ1) is 17.1. The first-order valence-corrected chi connectivity index (χ1v) is 8.39. The van der Waals surface area contributed by atoms with E-state index in [1.54, 1.807) is 4.68 Å². The number of nitrogens with zero attached hydrogens (tertiary/aromatic N) is 3. The van der Waals surface area contributed by atoms with Gasteiger partial charge in [0, 0.05) is 18.4 Å². The monoisotopic (exact) mass is 336 g/mol. The molecule has 3 aromatic rings. The first-order chi connectivity index (χ1) is 11.7. The molecule has 1 N–H and O–H groups in total. The number of carbonyl (C=O) groups is 1. The highest BCUT2D eigenvalue weighted by Gasteiger charge is 2.18. The largest absolute Gasteiger partial charge is 0.322 e. The van der Waals surface area contributed by atoms with Crippen LogP contribution in [-0.4, -0.2) is 20.7 Å². The van der Waals surface area contributed by atoms with Crippen molar-refractivity contribution in [2.24, 2.45) is 7.05 Å². The molecule has 0 aliphatic heterocycles. The predicted octanol–water partition coefficient (Wildman–Crippen LogP) is 4.13. The molecule has 1 aromatic carbocycles. The molecule has 0 fully saturated rings. The number of carbonyl (C=O) groups excluding carboxylic acids is 1. The molecule has 3 rings (SSSR count). The molecule has 0 aliphatic rings. The molecule has 2 aromatic heterocycles. The molecule has 2 heterocycles. The fourth-order valence-corrected chi connectivity index (χ4v) is 3.00. The van der Waals surface area contributed by atoms with Gasteiger partial charge in [0.15, 0.2) is 5.65 Å². The van der Waals surface area contributed by atoms with Crippen molar-refractivity contribution >= 4 is 22.6 Å². The van der Waals surface area contributed by atoms with Crippen LogP contribution in [0.15, 0.2) is 30.3 Å². The van der Waals surface area contributed by atoms with Gasteiger partial charge >= 0.3 is 0 Å². The van der Waals surface area contributed by atoms with Crippen LogP contribution < -0.4 is 5.32 Å². The Bertz CT molecular complexity index is 946. The minimum Gasteiger partial charge on any atom is -0.322 e. The fraction of sp³-hybridized carbons (Fsp3) is 0.350. The lowest BCUT2D eigenvalue weighted by Crippen LogP contribution is -2.14. The Morgan fingerprint density at radius 1 is 1.12 bits per heavy atom. The fourth-order valence-electron chi connectivity index (χ4n) is 3.00. The van der Waals surface area contributed by atoms with Crippen LogP contribution in [0.5, 0.6) is 0 Å². The number of aryl methyl sites for hydroxylation is 3. The highest BCUT2D eigenvalue weighted by Crippen LogP contribution is 2.25. The average Bonchev–Trinajstić information content (AvgIpc) is 2.80. The first-order valence-electron chi connectivity index (χ1n) is 8.39. The number of anilines is 1. The van der Waals surface area contributed by atoms with Crippen LogP contribution in [0.2, 0.25) is 0 Å². The van der Waals surface area contributed by atoms with Gasteiger partial charge in [-0.1, -0.05) is 32.9 Å². The van der Waals surface area contributed by atoms with E-state index >= 15 is 0 Å². The average molecular weight is 336 g/mol. The van der Waals surface area contributed by atoms with Crippen LogP contribution >= 0.6 is 0 Å². The Hall–Kier alpha value is -2.69. The van der Waals surface area contributed by atoms with Gasteiger partial charge in [-0.05, 0) is 43.0 Å². The van der Waals surface area contributed by atoms with Crippen LogP contribution in [-0.2, 0) is 12.5 Å². The van der Waals surface area contributed by atoms with Crippen LogP contribution in [0.1, 0.15) is 48.1 Å². The van der Waals surface area contributed by atoms with Crippen molar-refractivity contribution < 1.29 is 4.79 Å². The van der Waals surface area contributed by atoms with Gasteiger partial charge in [-0.2, -0.15) is 5.10 Å². The number of hydrogen-bond acceptors (Lipinski definition) is 3. The highest BCUT2D eigenvalue weighted by atomic mass is 16.1. The molecular formula is C20H24N4O. The number of rotatable bonds is 2. The van der Waals surface area contributed by atoms with Crippen LogP contribution in [0.25, 0.3) is 11.0 Å². The molecule has 0 bridgehead atoms. The Kier molecular flexibility index (Phi) is 4.11. The summed E-state index contributed by atoms with van der Waals surface area (Å²) in [5, 5.41) is 8.19. The summed E-state index contributed by atoms with van der Waals surface area (Å²) in [6, 6.07) is 9.81. The zero-order valence-corrected chi connectivity index (χ0v) is 15.6. The summed E-state index contributed by atoms with van der Waals surface area (Å²) >= 11 is 0. The molecular weight excluding hydrogens is 312 g/mol. The third-order valence-electron chi connectivity index (χ3n) is 4.35. The van der Waals surface area contributed by atoms with E-state index in [2.05, 4.69) is 48.3 Å². The Balaban J connectivity index is 1.95. The third kappa shape index (κ3) is 3.27. The summed E-state index contributed by atoms with van der Waals surface area (Å²) in [5.41, 5.74) is 5.03. The predicted molar refractivity (Wildman–Crippen MR) is 101 cm³/mol. The van der Waals surface area contributed by atoms with Gasteiger partial charge in [0.1, 0.15) is 0 Å². The van der Waals surface area contributed by atoms with Crippen LogP contribution in [0, 0.1) is 13.8 Å². The number of benzene rings is 1. The number of fused-ring (bicyclic) bond motifs is 1. The SMILES string of the molecule is Cc1cc(C(=O)Nc2ccc(C(C)(C)C)cc2)c2c(C)nn(C)c2n1. The van der Waals surface area contributed by atoms with E-state index in [9.17, 15) is 4.79 Å². The van der Waals surface area contributed by atoms with Crippen molar-refractivity contribution in [3.8, 4) is 0 Å². The molecule has 0 saturated heterocycles. The third-order valence-corrected chi connectivity index (χ3v) is 4.35. The van der Waals surface area contributed by atoms with E-state index in [4.69, 9.17) is 0 Å². The lowest BCUT2D eigenvalue weighted by Gasteiger charge is -2.19. The standard InChI is InChI=1S/C20H24N4O/c1-12-11-16(17-13(2)23-24(6)18(17)21-12)19(25)22-15-9-7-14(8-10-15)20(3,4)5/h7-11H,1-6H3,(H,22,25). The van der Waals surface area contributed by atoms with Gasteiger partial charge in [-0.15, -0.1) is 0 Å². The number of hydrogen-bond donors (Lipinski definition) is 1. The molecule has 0 unspecified atom stereocenters. The number of nitrogens with one attached hydrogen (secondary N) is 1. The molecule has 0 aliphatic carbocycles. The molecule has 0 spiro atoms. The van der Waals surface area contributed by atoms with Crippen LogP contribution in [0.4, 0.5) is 5.69 Å². The van der Waals surface area contributed by atoms with E-state index < -0.39 is 0 Å². The number of pyridine rings is 1. The molecule has 130 valence electrons. The minimum absolute atomic E-state index is 0.0870. The second-order valence-electron chi connectivity index (χ2n) is 7.50. The lowest BCUT2D eigenvalue weighted by molar-refractivity contribution is 0.102. The maximum absolute atomic E-state index is 12.8. The lowest BCUT2D eigenvalue weighted by atomic mass is 9.87. The maximum atomic E-state index is 12.8. The molecule has 0 radical (unpaired) electrons. The summed E-state index contributed by atoms with van der Waals surface area (Å²) < 4.78 is 1.71. The van der Waals surface area contributed by atoms with Crippen molar-refractivity contribution in [2.75, 3.05) is 5.32 Å². The van der Waals surface area contributed by atoms with E-state index in [1.807, 2.05) is 39.1 Å². The Labute approximate surface area is 148 Å². The van der Waals surface area contributed by atoms with Gasteiger partial charge in [0.05, 0.1) is 16.6 Å². The second-order valence-corrected chi connectivity index (χ2v) is 7.50. The topological polar surface area (TPSA) is 59.8 Å². The summed E-state index contributed by atoms with van der Waals surface area (Å²) in [5.74, 6) is -0.143. The van der Waals surface area contributed by atoms with Crippen molar-refractivity contribution in [1.29, 1.82) is 0 Å². The number of amides is 1. The molecule has 5 heteroatoms. The molecule has 5 nitrogen and oxygen atoms in total. The zero-order valence-electron chi connectivity index (χ0n) is 15.6. The van der Waals surface area contributed by atoms with Gasteiger partial charge in [0.25, 0.3) is 5.91 Å². The Morgan fingerprint density at radius 2 is 1.76 bits per heavy atom. The van der Waals surface area contributed by atoms with Crippen molar-refractivity contribution in [3.05, 3.63) is 52.8 Å².